The molecule has 0 saturated carbocycles. The van der Waals surface area contributed by atoms with Gasteiger partial charge < -0.3 is 10.5 Å². The van der Waals surface area contributed by atoms with Gasteiger partial charge in [-0.2, -0.15) is 0 Å². The second-order valence-electron chi connectivity index (χ2n) is 4.93. The summed E-state index contributed by atoms with van der Waals surface area (Å²) in [5, 5.41) is 0. The summed E-state index contributed by atoms with van der Waals surface area (Å²) in [5.41, 5.74) is 9.31. The summed E-state index contributed by atoms with van der Waals surface area (Å²) in [6, 6.07) is 16.8. The number of benzene rings is 2. The molecule has 19 heavy (non-hydrogen) atoms. The van der Waals surface area contributed by atoms with Crippen molar-refractivity contribution in [3.05, 3.63) is 54.1 Å². The lowest BCUT2D eigenvalue weighted by molar-refractivity contribution is 0.242. The summed E-state index contributed by atoms with van der Waals surface area (Å²) in [4.78, 5) is 0. The molecule has 0 aromatic heterocycles. The van der Waals surface area contributed by atoms with Crippen molar-refractivity contribution in [1.29, 1.82) is 0 Å². The van der Waals surface area contributed by atoms with E-state index < -0.39 is 0 Å². The van der Waals surface area contributed by atoms with Crippen LogP contribution in [-0.2, 0) is 6.42 Å². The average molecular weight is 255 g/mol. The van der Waals surface area contributed by atoms with Crippen LogP contribution in [0.25, 0.3) is 11.1 Å². The van der Waals surface area contributed by atoms with Gasteiger partial charge in [-0.25, -0.2) is 0 Å². The Labute approximate surface area is 115 Å². The molecule has 0 aliphatic rings. The minimum atomic E-state index is 0.207. The van der Waals surface area contributed by atoms with Crippen molar-refractivity contribution in [2.45, 2.75) is 26.4 Å². The van der Waals surface area contributed by atoms with Crippen LogP contribution in [0.15, 0.2) is 48.5 Å². The van der Waals surface area contributed by atoms with Crippen LogP contribution in [0.5, 0.6) is 5.75 Å². The maximum Gasteiger partial charge on any atom is 0.119 e. The van der Waals surface area contributed by atoms with Gasteiger partial charge in [-0.05, 0) is 55.6 Å². The summed E-state index contributed by atoms with van der Waals surface area (Å²) in [5.74, 6) is 0.914. The fourth-order valence-corrected chi connectivity index (χ4v) is 2.07. The predicted molar refractivity (Wildman–Crippen MR) is 80.4 cm³/mol. The zero-order chi connectivity index (χ0) is 13.7. The van der Waals surface area contributed by atoms with Crippen LogP contribution in [0.1, 0.15) is 19.4 Å². The van der Waals surface area contributed by atoms with Crippen molar-refractivity contribution in [3.8, 4) is 16.9 Å². The highest BCUT2D eigenvalue weighted by Gasteiger charge is 2.01. The van der Waals surface area contributed by atoms with Gasteiger partial charge in [-0.15, -0.1) is 0 Å². The van der Waals surface area contributed by atoms with Crippen molar-refractivity contribution in [1.82, 2.24) is 0 Å². The van der Waals surface area contributed by atoms with Gasteiger partial charge in [-0.1, -0.05) is 36.4 Å². The van der Waals surface area contributed by atoms with Crippen molar-refractivity contribution in [3.63, 3.8) is 0 Å². The van der Waals surface area contributed by atoms with Crippen LogP contribution in [0.4, 0.5) is 0 Å². The molecule has 0 radical (unpaired) electrons. The van der Waals surface area contributed by atoms with Gasteiger partial charge in [-0.3, -0.25) is 0 Å². The molecule has 0 aliphatic carbocycles. The molecule has 0 bridgehead atoms. The normalized spacial score (nSPS) is 10.7. The number of nitrogens with two attached hydrogens (primary N) is 1. The monoisotopic (exact) mass is 255 g/mol. The maximum absolute atomic E-state index is 5.65. The van der Waals surface area contributed by atoms with E-state index in [-0.39, 0.29) is 6.10 Å². The van der Waals surface area contributed by atoms with Crippen molar-refractivity contribution in [2.24, 2.45) is 5.73 Å². The Morgan fingerprint density at radius 1 is 1.00 bits per heavy atom. The van der Waals surface area contributed by atoms with E-state index in [9.17, 15) is 0 Å². The second-order valence-corrected chi connectivity index (χ2v) is 4.93. The molecule has 2 aromatic rings. The Morgan fingerprint density at radius 3 is 2.37 bits per heavy atom. The van der Waals surface area contributed by atoms with E-state index in [0.717, 1.165) is 12.2 Å². The Hall–Kier alpha value is -1.80. The Bertz CT molecular complexity index is 517. The molecule has 2 aromatic carbocycles. The summed E-state index contributed by atoms with van der Waals surface area (Å²) < 4.78 is 5.65. The van der Waals surface area contributed by atoms with Crippen molar-refractivity contribution < 1.29 is 4.74 Å². The standard InChI is InChI=1S/C17H21NO/c1-13(2)19-17-8-6-15(7-9-17)16-5-3-4-14(12-16)10-11-18/h3-9,12-13H,10-11,18H2,1-2H3. The number of hydrogen-bond donors (Lipinski definition) is 1. The molecule has 0 amide bonds. The first-order valence-corrected chi connectivity index (χ1v) is 6.75. The average Bonchev–Trinajstić information content (AvgIpc) is 2.40. The molecule has 2 nitrogen and oxygen atoms in total. The largest absolute Gasteiger partial charge is 0.491 e. The summed E-state index contributed by atoms with van der Waals surface area (Å²) in [6.07, 6.45) is 1.13. The van der Waals surface area contributed by atoms with E-state index in [0.29, 0.717) is 6.54 Å². The van der Waals surface area contributed by atoms with E-state index >= 15 is 0 Å². The van der Waals surface area contributed by atoms with Gasteiger partial charge in [0.2, 0.25) is 0 Å². The summed E-state index contributed by atoms with van der Waals surface area (Å²) >= 11 is 0. The molecule has 2 heteroatoms. The van der Waals surface area contributed by atoms with Gasteiger partial charge in [0.15, 0.2) is 0 Å². The van der Waals surface area contributed by atoms with E-state index in [2.05, 4.69) is 36.4 Å². The number of rotatable bonds is 5. The van der Waals surface area contributed by atoms with E-state index in [1.54, 1.807) is 0 Å². The summed E-state index contributed by atoms with van der Waals surface area (Å²) in [6.45, 7) is 4.75. The zero-order valence-electron chi connectivity index (χ0n) is 11.6. The van der Waals surface area contributed by atoms with Crippen LogP contribution in [0, 0.1) is 0 Å². The molecule has 0 aliphatic heterocycles. The molecule has 0 saturated heterocycles. The van der Waals surface area contributed by atoms with Gasteiger partial charge in [0.1, 0.15) is 5.75 Å². The molecular weight excluding hydrogens is 234 g/mol. The highest BCUT2D eigenvalue weighted by atomic mass is 16.5. The lowest BCUT2D eigenvalue weighted by Gasteiger charge is -2.10. The zero-order valence-corrected chi connectivity index (χ0v) is 11.6. The van der Waals surface area contributed by atoms with Gasteiger partial charge in [0.25, 0.3) is 0 Å². The smallest absolute Gasteiger partial charge is 0.119 e. The van der Waals surface area contributed by atoms with Gasteiger partial charge in [0.05, 0.1) is 6.10 Å². The highest BCUT2D eigenvalue weighted by Crippen LogP contribution is 2.23. The number of hydrogen-bond acceptors (Lipinski definition) is 2. The topological polar surface area (TPSA) is 35.2 Å². The third-order valence-electron chi connectivity index (χ3n) is 2.92. The van der Waals surface area contributed by atoms with E-state index in [4.69, 9.17) is 10.5 Å². The van der Waals surface area contributed by atoms with Gasteiger partial charge >= 0.3 is 0 Å². The minimum absolute atomic E-state index is 0.207. The van der Waals surface area contributed by atoms with Crippen molar-refractivity contribution in [2.75, 3.05) is 6.54 Å². The van der Waals surface area contributed by atoms with Gasteiger partial charge in [0, 0.05) is 0 Å². The fourth-order valence-electron chi connectivity index (χ4n) is 2.07. The minimum Gasteiger partial charge on any atom is -0.491 e. The Kier molecular flexibility index (Phi) is 4.58. The Balaban J connectivity index is 2.19. The Morgan fingerprint density at radius 2 is 1.74 bits per heavy atom. The first kappa shape index (κ1) is 13.6. The second kappa shape index (κ2) is 6.39. The van der Waals surface area contributed by atoms with Crippen LogP contribution in [-0.4, -0.2) is 12.6 Å². The first-order chi connectivity index (χ1) is 9.19. The molecule has 0 atom stereocenters. The molecule has 2 rings (SSSR count). The molecule has 0 spiro atoms. The van der Waals surface area contributed by atoms with Crippen LogP contribution in [0.3, 0.4) is 0 Å². The van der Waals surface area contributed by atoms with E-state index in [1.165, 1.54) is 16.7 Å². The van der Waals surface area contributed by atoms with E-state index in [1.807, 2.05) is 26.0 Å². The predicted octanol–water partition coefficient (Wildman–Crippen LogP) is 3.64. The van der Waals surface area contributed by atoms with Crippen LogP contribution < -0.4 is 10.5 Å². The fraction of sp³-hybridized carbons (Fsp3) is 0.294. The molecule has 0 heterocycles. The maximum atomic E-state index is 5.65. The SMILES string of the molecule is CC(C)Oc1ccc(-c2cccc(CCN)c2)cc1. The highest BCUT2D eigenvalue weighted by molar-refractivity contribution is 5.64. The number of ether oxygens (including phenoxy) is 1. The lowest BCUT2D eigenvalue weighted by Crippen LogP contribution is -2.05. The quantitative estimate of drug-likeness (QED) is 0.885. The van der Waals surface area contributed by atoms with Crippen molar-refractivity contribution >= 4 is 0 Å². The third kappa shape index (κ3) is 3.83. The van der Waals surface area contributed by atoms with Crippen LogP contribution >= 0.6 is 0 Å². The molecule has 0 fully saturated rings. The molecule has 0 unspecified atom stereocenters. The third-order valence-corrected chi connectivity index (χ3v) is 2.92. The lowest BCUT2D eigenvalue weighted by atomic mass is 10.0. The summed E-state index contributed by atoms with van der Waals surface area (Å²) in [7, 11) is 0. The van der Waals surface area contributed by atoms with Crippen LogP contribution in [0.2, 0.25) is 0 Å². The molecule has 2 N–H and O–H groups in total. The molecular formula is C17H21NO. The molecule has 100 valence electrons. The first-order valence-electron chi connectivity index (χ1n) is 6.75.